The molecule has 0 spiro atoms. The van der Waals surface area contributed by atoms with Gasteiger partial charge in [-0.3, -0.25) is 0 Å². The van der Waals surface area contributed by atoms with Crippen LogP contribution in [0.4, 0.5) is 0 Å². The van der Waals surface area contributed by atoms with Gasteiger partial charge in [0.1, 0.15) is 5.58 Å². The van der Waals surface area contributed by atoms with Crippen LogP contribution in [0.1, 0.15) is 11.1 Å². The maximum atomic E-state index is 11.7. The summed E-state index contributed by atoms with van der Waals surface area (Å²) >= 11 is 13.9. The summed E-state index contributed by atoms with van der Waals surface area (Å²) in [6.45, 7) is 1.96. The van der Waals surface area contributed by atoms with E-state index in [0.29, 0.717) is 21.4 Å². The lowest BCUT2D eigenvalue weighted by molar-refractivity contribution is 0.559. The first-order valence-corrected chi connectivity index (χ1v) is 8.39. The van der Waals surface area contributed by atoms with Gasteiger partial charge >= 0.3 is 5.63 Å². The quantitative estimate of drug-likeness (QED) is 0.448. The van der Waals surface area contributed by atoms with Crippen molar-refractivity contribution in [2.45, 2.75) is 17.6 Å². The summed E-state index contributed by atoms with van der Waals surface area (Å²) in [4.78, 5) is 12.6. The van der Waals surface area contributed by atoms with Crippen molar-refractivity contribution in [3.63, 3.8) is 0 Å². The minimum Gasteiger partial charge on any atom is -0.423 e. The van der Waals surface area contributed by atoms with Gasteiger partial charge in [0.15, 0.2) is 0 Å². The number of rotatable bonds is 3. The number of hydrogen-bond donors (Lipinski definition) is 0. The van der Waals surface area contributed by atoms with Crippen LogP contribution in [0.5, 0.6) is 0 Å². The van der Waals surface area contributed by atoms with Gasteiger partial charge in [0.25, 0.3) is 0 Å². The van der Waals surface area contributed by atoms with Crippen molar-refractivity contribution in [1.82, 2.24) is 0 Å². The minimum absolute atomic E-state index is 0.348. The van der Waals surface area contributed by atoms with Crippen LogP contribution in [0.15, 0.2) is 56.6 Å². The molecule has 0 amide bonds. The van der Waals surface area contributed by atoms with Crippen LogP contribution < -0.4 is 5.63 Å². The first-order valence-electron chi connectivity index (χ1n) is 6.65. The third kappa shape index (κ3) is 3.17. The van der Waals surface area contributed by atoms with E-state index < -0.39 is 0 Å². The minimum atomic E-state index is -0.348. The Kier molecular flexibility index (Phi) is 4.48. The SMILES string of the molecule is Cc1ccc2c(CSc3c(Cl)cccc3Cl)cc(=O)oc2c1. The maximum absolute atomic E-state index is 11.7. The Morgan fingerprint density at radius 3 is 2.55 bits per heavy atom. The Labute approximate surface area is 142 Å². The molecule has 0 bridgehead atoms. The van der Waals surface area contributed by atoms with Crippen molar-refractivity contribution in [3.05, 3.63) is 74.1 Å². The summed E-state index contributed by atoms with van der Waals surface area (Å²) in [5.41, 5.74) is 2.22. The molecule has 0 unspecified atom stereocenters. The molecule has 3 rings (SSSR count). The van der Waals surface area contributed by atoms with E-state index in [1.807, 2.05) is 31.2 Å². The van der Waals surface area contributed by atoms with E-state index in [4.69, 9.17) is 27.6 Å². The van der Waals surface area contributed by atoms with E-state index in [2.05, 4.69) is 0 Å². The average Bonchev–Trinajstić information content (AvgIpc) is 2.45. The van der Waals surface area contributed by atoms with Crippen molar-refractivity contribution in [1.29, 1.82) is 0 Å². The Bertz CT molecular complexity index is 883. The van der Waals surface area contributed by atoms with Crippen LogP contribution in [0.3, 0.4) is 0 Å². The number of halogens is 2. The van der Waals surface area contributed by atoms with Crippen LogP contribution in [0, 0.1) is 6.92 Å². The van der Waals surface area contributed by atoms with Gasteiger partial charge in [0.2, 0.25) is 0 Å². The molecule has 0 N–H and O–H groups in total. The smallest absolute Gasteiger partial charge is 0.336 e. The van der Waals surface area contributed by atoms with Crippen LogP contribution in [-0.2, 0) is 5.75 Å². The van der Waals surface area contributed by atoms with Crippen molar-refractivity contribution >= 4 is 45.9 Å². The average molecular weight is 351 g/mol. The number of thioether (sulfide) groups is 1. The fraction of sp³-hybridized carbons (Fsp3) is 0.118. The normalized spacial score (nSPS) is 11.0. The summed E-state index contributed by atoms with van der Waals surface area (Å²) in [7, 11) is 0. The second-order valence-electron chi connectivity index (χ2n) is 4.93. The predicted molar refractivity (Wildman–Crippen MR) is 93.2 cm³/mol. The zero-order valence-corrected chi connectivity index (χ0v) is 14.1. The summed E-state index contributed by atoms with van der Waals surface area (Å²) in [6.07, 6.45) is 0. The monoisotopic (exact) mass is 350 g/mol. The van der Waals surface area contributed by atoms with Crippen LogP contribution in [0.2, 0.25) is 10.0 Å². The topological polar surface area (TPSA) is 30.2 Å². The Morgan fingerprint density at radius 2 is 1.82 bits per heavy atom. The van der Waals surface area contributed by atoms with Gasteiger partial charge in [-0.05, 0) is 36.2 Å². The number of benzene rings is 2. The van der Waals surface area contributed by atoms with Crippen molar-refractivity contribution in [2.24, 2.45) is 0 Å². The van der Waals surface area contributed by atoms with Gasteiger partial charge in [-0.15, -0.1) is 11.8 Å². The molecule has 0 aliphatic carbocycles. The molecule has 0 radical (unpaired) electrons. The third-order valence-corrected chi connectivity index (χ3v) is 5.31. The van der Waals surface area contributed by atoms with E-state index in [-0.39, 0.29) is 5.63 Å². The summed E-state index contributed by atoms with van der Waals surface area (Å²) in [5, 5.41) is 2.15. The number of hydrogen-bond acceptors (Lipinski definition) is 3. The number of aryl methyl sites for hydroxylation is 1. The van der Waals surface area contributed by atoms with Gasteiger partial charge in [0.05, 0.1) is 10.0 Å². The van der Waals surface area contributed by atoms with E-state index in [9.17, 15) is 4.79 Å². The Balaban J connectivity index is 1.99. The van der Waals surface area contributed by atoms with Crippen molar-refractivity contribution in [2.75, 3.05) is 0 Å². The second-order valence-corrected chi connectivity index (χ2v) is 6.73. The Morgan fingerprint density at radius 1 is 1.09 bits per heavy atom. The second kappa shape index (κ2) is 6.37. The zero-order valence-electron chi connectivity index (χ0n) is 11.7. The first kappa shape index (κ1) is 15.5. The van der Waals surface area contributed by atoms with E-state index in [1.54, 1.807) is 12.1 Å². The third-order valence-electron chi connectivity index (χ3n) is 3.28. The van der Waals surface area contributed by atoms with Gasteiger partial charge in [0, 0.05) is 22.1 Å². The van der Waals surface area contributed by atoms with E-state index >= 15 is 0 Å². The number of fused-ring (bicyclic) bond motifs is 1. The van der Waals surface area contributed by atoms with E-state index in [1.165, 1.54) is 17.8 Å². The molecular weight excluding hydrogens is 339 g/mol. The highest BCUT2D eigenvalue weighted by Crippen LogP contribution is 2.36. The molecule has 0 atom stereocenters. The maximum Gasteiger partial charge on any atom is 0.336 e. The highest BCUT2D eigenvalue weighted by atomic mass is 35.5. The first-order chi connectivity index (χ1) is 10.5. The van der Waals surface area contributed by atoms with Gasteiger partial charge in [-0.2, -0.15) is 0 Å². The lowest BCUT2D eigenvalue weighted by atomic mass is 10.1. The van der Waals surface area contributed by atoms with Crippen molar-refractivity contribution in [3.8, 4) is 0 Å². The molecular formula is C17H12Cl2O2S. The lowest BCUT2D eigenvalue weighted by Crippen LogP contribution is -2.00. The van der Waals surface area contributed by atoms with Gasteiger partial charge in [-0.1, -0.05) is 41.4 Å². The standard InChI is InChI=1S/C17H12Cl2O2S/c1-10-5-6-12-11(8-16(20)21-15(12)7-10)9-22-17-13(18)3-2-4-14(17)19/h2-8H,9H2,1H3. The fourth-order valence-electron chi connectivity index (χ4n) is 2.23. The fourth-order valence-corrected chi connectivity index (χ4v) is 3.90. The molecule has 0 fully saturated rings. The molecule has 5 heteroatoms. The molecule has 0 aliphatic heterocycles. The Hall–Kier alpha value is -1.42. The van der Waals surface area contributed by atoms with Crippen LogP contribution >= 0.6 is 35.0 Å². The summed E-state index contributed by atoms with van der Waals surface area (Å²) in [5.74, 6) is 0.592. The van der Waals surface area contributed by atoms with Gasteiger partial charge < -0.3 is 4.42 Å². The van der Waals surface area contributed by atoms with Gasteiger partial charge in [-0.25, -0.2) is 4.79 Å². The molecule has 0 saturated heterocycles. The molecule has 1 heterocycles. The molecule has 2 nitrogen and oxygen atoms in total. The molecule has 1 aromatic heterocycles. The molecule has 0 aliphatic rings. The summed E-state index contributed by atoms with van der Waals surface area (Å²) < 4.78 is 5.27. The lowest BCUT2D eigenvalue weighted by Gasteiger charge is -2.08. The van der Waals surface area contributed by atoms with Crippen LogP contribution in [0.25, 0.3) is 11.0 Å². The highest BCUT2D eigenvalue weighted by Gasteiger charge is 2.10. The van der Waals surface area contributed by atoms with Crippen molar-refractivity contribution < 1.29 is 4.42 Å². The molecule has 0 saturated carbocycles. The molecule has 2 aromatic carbocycles. The predicted octanol–water partition coefficient (Wildman–Crippen LogP) is 5.70. The van der Waals surface area contributed by atoms with E-state index in [0.717, 1.165) is 21.4 Å². The largest absolute Gasteiger partial charge is 0.423 e. The summed E-state index contributed by atoms with van der Waals surface area (Å²) in [6, 6.07) is 12.8. The molecule has 112 valence electrons. The van der Waals surface area contributed by atoms with Crippen LogP contribution in [-0.4, -0.2) is 0 Å². The highest BCUT2D eigenvalue weighted by molar-refractivity contribution is 7.98. The zero-order chi connectivity index (χ0) is 15.7. The molecule has 3 aromatic rings. The molecule has 22 heavy (non-hydrogen) atoms.